The van der Waals surface area contributed by atoms with Crippen molar-refractivity contribution in [1.29, 1.82) is 0 Å². The van der Waals surface area contributed by atoms with Gasteiger partial charge >= 0.3 is 5.97 Å². The van der Waals surface area contributed by atoms with Crippen LogP contribution < -0.4 is 0 Å². The summed E-state index contributed by atoms with van der Waals surface area (Å²) in [7, 11) is 1.46. The number of nitrogens with zero attached hydrogens (tertiary/aromatic N) is 1. The lowest BCUT2D eigenvalue weighted by Crippen LogP contribution is -2.50. The summed E-state index contributed by atoms with van der Waals surface area (Å²) in [5.41, 5.74) is -0.891. The number of amides is 1. The number of nitrogens with one attached hydrogen (secondary N) is 1. The van der Waals surface area contributed by atoms with E-state index in [-0.39, 0.29) is 5.91 Å². The maximum absolute atomic E-state index is 11.9. The summed E-state index contributed by atoms with van der Waals surface area (Å²) < 4.78 is 0.748. The van der Waals surface area contributed by atoms with Crippen LogP contribution in [0.5, 0.6) is 0 Å². The normalized spacial score (nSPS) is 11.2. The number of rotatable bonds is 3. The number of carboxylic acids is 1. The zero-order chi connectivity index (χ0) is 12.5. The van der Waals surface area contributed by atoms with Gasteiger partial charge in [0.25, 0.3) is 5.91 Å². The molecule has 0 aliphatic heterocycles. The molecule has 88 valence electrons. The summed E-state index contributed by atoms with van der Waals surface area (Å²) in [6.45, 7) is 2.95. The third-order valence-electron chi connectivity index (χ3n) is 2.54. The van der Waals surface area contributed by atoms with Crippen molar-refractivity contribution in [3.63, 3.8) is 0 Å². The molecule has 1 heterocycles. The van der Waals surface area contributed by atoms with E-state index in [0.29, 0.717) is 5.69 Å². The predicted octanol–water partition coefficient (Wildman–Crippen LogP) is 1.71. The van der Waals surface area contributed by atoms with Crippen molar-refractivity contribution in [3.05, 3.63) is 22.4 Å². The summed E-state index contributed by atoms with van der Waals surface area (Å²) >= 11 is 3.21. The molecule has 5 nitrogen and oxygen atoms in total. The lowest BCUT2D eigenvalue weighted by molar-refractivity contribution is -0.147. The molecule has 0 fully saturated rings. The largest absolute Gasteiger partial charge is 0.480 e. The highest BCUT2D eigenvalue weighted by Crippen LogP contribution is 2.18. The van der Waals surface area contributed by atoms with Gasteiger partial charge in [0.05, 0.1) is 0 Å². The van der Waals surface area contributed by atoms with Gasteiger partial charge in [-0.1, -0.05) is 0 Å². The van der Waals surface area contributed by atoms with Gasteiger partial charge in [0.2, 0.25) is 0 Å². The van der Waals surface area contributed by atoms with Crippen LogP contribution in [0, 0.1) is 0 Å². The Morgan fingerprint density at radius 2 is 2.06 bits per heavy atom. The van der Waals surface area contributed by atoms with Gasteiger partial charge in [0, 0.05) is 17.7 Å². The second-order valence-corrected chi connectivity index (χ2v) is 4.88. The number of carbonyl (C=O) groups excluding carboxylic acids is 1. The molecule has 1 rings (SSSR count). The van der Waals surface area contributed by atoms with Crippen molar-refractivity contribution in [2.24, 2.45) is 0 Å². The van der Waals surface area contributed by atoms with Gasteiger partial charge in [-0.05, 0) is 35.8 Å². The van der Waals surface area contributed by atoms with Crippen LogP contribution in [0.1, 0.15) is 24.3 Å². The second-order valence-electron chi connectivity index (χ2n) is 3.96. The van der Waals surface area contributed by atoms with Crippen molar-refractivity contribution in [3.8, 4) is 0 Å². The zero-order valence-corrected chi connectivity index (χ0v) is 10.8. The fourth-order valence-corrected chi connectivity index (χ4v) is 1.41. The quantitative estimate of drug-likeness (QED) is 0.889. The molecule has 0 bridgehead atoms. The molecule has 1 aromatic rings. The Bertz CT molecular complexity index is 425. The van der Waals surface area contributed by atoms with E-state index >= 15 is 0 Å². The lowest BCUT2D eigenvalue weighted by atomic mass is 10.0. The number of aliphatic carboxylic acids is 1. The summed E-state index contributed by atoms with van der Waals surface area (Å²) in [6, 6.07) is 1.61. The van der Waals surface area contributed by atoms with E-state index in [4.69, 9.17) is 5.11 Å². The molecule has 1 aromatic heterocycles. The molecule has 1 amide bonds. The average Bonchev–Trinajstić information content (AvgIpc) is 2.62. The molecule has 6 heteroatoms. The van der Waals surface area contributed by atoms with Crippen molar-refractivity contribution in [2.45, 2.75) is 19.4 Å². The first kappa shape index (κ1) is 12.8. The number of carbonyl (C=O) groups is 2. The van der Waals surface area contributed by atoms with Gasteiger partial charge in [-0.25, -0.2) is 4.79 Å². The second kappa shape index (κ2) is 4.29. The standard InChI is InChI=1S/C10H13BrN2O3/c1-10(2,9(15)16)13(3)8(14)7-4-6(11)5-12-7/h4-5,12H,1-3H3,(H,15,16). The first-order valence-electron chi connectivity index (χ1n) is 4.62. The molecule has 0 saturated carbocycles. The Morgan fingerprint density at radius 1 is 1.50 bits per heavy atom. The fourth-order valence-electron chi connectivity index (χ4n) is 1.07. The minimum absolute atomic E-state index is 0.351. The molecular formula is C10H13BrN2O3. The molecule has 0 spiro atoms. The van der Waals surface area contributed by atoms with Crippen LogP contribution in [0.2, 0.25) is 0 Å². The predicted molar refractivity (Wildman–Crippen MR) is 62.3 cm³/mol. The number of aromatic nitrogens is 1. The Balaban J connectivity index is 2.95. The third-order valence-corrected chi connectivity index (χ3v) is 3.00. The van der Waals surface area contributed by atoms with E-state index in [1.165, 1.54) is 25.8 Å². The minimum Gasteiger partial charge on any atom is -0.480 e. The maximum atomic E-state index is 11.9. The van der Waals surface area contributed by atoms with Gasteiger partial charge in [0.1, 0.15) is 11.2 Å². The Morgan fingerprint density at radius 3 is 2.44 bits per heavy atom. The number of halogens is 1. The summed E-state index contributed by atoms with van der Waals surface area (Å²) in [5.74, 6) is -1.41. The maximum Gasteiger partial charge on any atom is 0.329 e. The minimum atomic E-state index is -1.24. The van der Waals surface area contributed by atoms with Gasteiger partial charge < -0.3 is 15.0 Å². The third kappa shape index (κ3) is 2.27. The molecule has 0 unspecified atom stereocenters. The summed E-state index contributed by atoms with van der Waals surface area (Å²) in [5, 5.41) is 9.00. The smallest absolute Gasteiger partial charge is 0.329 e. The first-order chi connectivity index (χ1) is 7.26. The van der Waals surface area contributed by atoms with Crippen LogP contribution in [0.25, 0.3) is 0 Å². The van der Waals surface area contributed by atoms with Crippen molar-refractivity contribution >= 4 is 27.8 Å². The van der Waals surface area contributed by atoms with Crippen LogP contribution in [0.3, 0.4) is 0 Å². The van der Waals surface area contributed by atoms with Crippen molar-refractivity contribution < 1.29 is 14.7 Å². The monoisotopic (exact) mass is 288 g/mol. The van der Waals surface area contributed by atoms with Crippen LogP contribution in [-0.4, -0.2) is 39.5 Å². The number of hydrogen-bond donors (Lipinski definition) is 2. The van der Waals surface area contributed by atoms with Gasteiger partial charge in [-0.15, -0.1) is 0 Å². The van der Waals surface area contributed by atoms with Gasteiger partial charge in [0.15, 0.2) is 0 Å². The topological polar surface area (TPSA) is 73.4 Å². The van der Waals surface area contributed by atoms with E-state index in [9.17, 15) is 9.59 Å². The van der Waals surface area contributed by atoms with E-state index in [1.807, 2.05) is 0 Å². The number of carboxylic acid groups (broad SMARTS) is 1. The number of hydrogen-bond acceptors (Lipinski definition) is 2. The van der Waals surface area contributed by atoms with E-state index in [2.05, 4.69) is 20.9 Å². The molecule has 0 radical (unpaired) electrons. The fraction of sp³-hybridized carbons (Fsp3) is 0.400. The SMILES string of the molecule is CN(C(=O)c1cc(Br)c[nH]1)C(C)(C)C(=O)O. The van der Waals surface area contributed by atoms with E-state index in [1.54, 1.807) is 12.3 Å². The first-order valence-corrected chi connectivity index (χ1v) is 5.41. The Hall–Kier alpha value is -1.30. The zero-order valence-electron chi connectivity index (χ0n) is 9.24. The van der Waals surface area contributed by atoms with Crippen molar-refractivity contribution in [1.82, 2.24) is 9.88 Å². The highest BCUT2D eigenvalue weighted by atomic mass is 79.9. The Labute approximate surface area is 102 Å². The molecule has 0 aliphatic carbocycles. The van der Waals surface area contributed by atoms with Crippen LogP contribution in [0.15, 0.2) is 16.7 Å². The molecule has 16 heavy (non-hydrogen) atoms. The van der Waals surface area contributed by atoms with Gasteiger partial charge in [-0.3, -0.25) is 4.79 Å². The van der Waals surface area contributed by atoms with E-state index < -0.39 is 11.5 Å². The molecule has 0 aliphatic rings. The van der Waals surface area contributed by atoms with Crippen LogP contribution in [0.4, 0.5) is 0 Å². The molecular weight excluding hydrogens is 276 g/mol. The average molecular weight is 289 g/mol. The molecule has 0 aromatic carbocycles. The van der Waals surface area contributed by atoms with Gasteiger partial charge in [-0.2, -0.15) is 0 Å². The number of aromatic amines is 1. The highest BCUT2D eigenvalue weighted by Gasteiger charge is 2.35. The highest BCUT2D eigenvalue weighted by molar-refractivity contribution is 9.10. The van der Waals surface area contributed by atoms with E-state index in [0.717, 1.165) is 4.47 Å². The molecule has 0 saturated heterocycles. The Kier molecular flexibility index (Phi) is 3.42. The summed E-state index contributed by atoms with van der Waals surface area (Å²) in [6.07, 6.45) is 1.62. The van der Waals surface area contributed by atoms with Crippen LogP contribution in [-0.2, 0) is 4.79 Å². The number of likely N-dealkylation sites (N-methyl/N-ethyl adjacent to an activating group) is 1. The lowest BCUT2D eigenvalue weighted by Gasteiger charge is -2.31. The molecule has 2 N–H and O–H groups in total. The van der Waals surface area contributed by atoms with Crippen LogP contribution >= 0.6 is 15.9 Å². The van der Waals surface area contributed by atoms with Crippen molar-refractivity contribution in [2.75, 3.05) is 7.05 Å². The number of H-pyrrole nitrogens is 1. The molecule has 0 atom stereocenters. The summed E-state index contributed by atoms with van der Waals surface area (Å²) in [4.78, 5) is 26.9.